The van der Waals surface area contributed by atoms with E-state index in [1.807, 2.05) is 19.1 Å². The maximum Gasteiger partial charge on any atom is 0.251 e. The van der Waals surface area contributed by atoms with Gasteiger partial charge in [0, 0.05) is 48.8 Å². The fourth-order valence-electron chi connectivity index (χ4n) is 2.79. The zero-order chi connectivity index (χ0) is 19.5. The summed E-state index contributed by atoms with van der Waals surface area (Å²) >= 11 is 3.38. The van der Waals surface area contributed by atoms with Crippen molar-refractivity contribution in [3.8, 4) is 0 Å². The van der Waals surface area contributed by atoms with Crippen molar-refractivity contribution in [2.24, 2.45) is 4.99 Å². The van der Waals surface area contributed by atoms with Gasteiger partial charge in [-0.15, -0.1) is 0 Å². The van der Waals surface area contributed by atoms with Crippen LogP contribution in [0.3, 0.4) is 0 Å². The van der Waals surface area contributed by atoms with Gasteiger partial charge in [-0.3, -0.25) is 14.7 Å². The first-order valence-corrected chi connectivity index (χ1v) is 10.3. The molecule has 27 heavy (non-hydrogen) atoms. The number of benzene rings is 1. The van der Waals surface area contributed by atoms with Crippen LogP contribution in [0.1, 0.15) is 24.2 Å². The van der Waals surface area contributed by atoms with Crippen molar-refractivity contribution < 1.29 is 9.53 Å². The molecular weight excluding hydrogens is 410 g/mol. The molecule has 3 N–H and O–H groups in total. The zero-order valence-electron chi connectivity index (χ0n) is 16.1. The number of carbonyl (C=O) groups excluding carboxylic acids is 1. The third-order valence-electron chi connectivity index (χ3n) is 4.32. The zero-order valence-corrected chi connectivity index (χ0v) is 17.7. The van der Waals surface area contributed by atoms with E-state index in [-0.39, 0.29) is 5.91 Å². The number of hydrogen-bond donors (Lipinski definition) is 3. The molecule has 1 amide bonds. The number of hydrogen-bond acceptors (Lipinski definition) is 4. The van der Waals surface area contributed by atoms with Crippen LogP contribution in [0.15, 0.2) is 33.7 Å². The number of aliphatic imine (C=N–C) groups is 1. The molecule has 8 heteroatoms. The lowest BCUT2D eigenvalue weighted by Gasteiger charge is -2.31. The van der Waals surface area contributed by atoms with Gasteiger partial charge in [-0.05, 0) is 32.0 Å². The molecule has 1 unspecified atom stereocenters. The summed E-state index contributed by atoms with van der Waals surface area (Å²) < 4.78 is 6.29. The Morgan fingerprint density at radius 3 is 2.70 bits per heavy atom. The van der Waals surface area contributed by atoms with E-state index in [1.54, 1.807) is 12.1 Å². The van der Waals surface area contributed by atoms with Gasteiger partial charge in [0.05, 0.1) is 19.8 Å². The summed E-state index contributed by atoms with van der Waals surface area (Å²) in [5.74, 6) is 0.690. The van der Waals surface area contributed by atoms with Gasteiger partial charge in [-0.25, -0.2) is 0 Å². The summed E-state index contributed by atoms with van der Waals surface area (Å²) in [5.41, 5.74) is 0.643. The van der Waals surface area contributed by atoms with E-state index in [0.717, 1.165) is 49.8 Å². The maximum absolute atomic E-state index is 12.1. The van der Waals surface area contributed by atoms with Gasteiger partial charge >= 0.3 is 0 Å². The molecule has 1 saturated heterocycles. The fraction of sp³-hybridized carbons (Fsp3) is 0.579. The van der Waals surface area contributed by atoms with Crippen LogP contribution < -0.4 is 16.0 Å². The van der Waals surface area contributed by atoms with Crippen molar-refractivity contribution in [3.05, 3.63) is 34.3 Å². The third-order valence-corrected chi connectivity index (χ3v) is 4.81. The quantitative estimate of drug-likeness (QED) is 0.324. The Morgan fingerprint density at radius 1 is 1.26 bits per heavy atom. The van der Waals surface area contributed by atoms with Gasteiger partial charge in [-0.1, -0.05) is 22.0 Å². The molecule has 150 valence electrons. The second kappa shape index (κ2) is 11.9. The molecule has 7 nitrogen and oxygen atoms in total. The molecule has 0 spiro atoms. The van der Waals surface area contributed by atoms with Crippen LogP contribution in [0, 0.1) is 0 Å². The van der Waals surface area contributed by atoms with Crippen LogP contribution >= 0.6 is 15.9 Å². The van der Waals surface area contributed by atoms with Gasteiger partial charge in [0.2, 0.25) is 0 Å². The van der Waals surface area contributed by atoms with Crippen LogP contribution in [0.25, 0.3) is 0 Å². The number of amides is 1. The van der Waals surface area contributed by atoms with E-state index in [4.69, 9.17) is 4.74 Å². The number of carbonyl (C=O) groups is 1. The third kappa shape index (κ3) is 7.86. The van der Waals surface area contributed by atoms with Gasteiger partial charge in [0.25, 0.3) is 5.91 Å². The van der Waals surface area contributed by atoms with Crippen LogP contribution in [0.4, 0.5) is 0 Å². The SMILES string of the molecule is CCNC(=NCC(C)N1CCOCC1)NCCNC(=O)c1cccc(Br)c1. The molecule has 0 radical (unpaired) electrons. The minimum atomic E-state index is -0.0824. The predicted octanol–water partition coefficient (Wildman–Crippen LogP) is 1.45. The lowest BCUT2D eigenvalue weighted by Crippen LogP contribution is -2.45. The van der Waals surface area contributed by atoms with E-state index in [9.17, 15) is 4.79 Å². The largest absolute Gasteiger partial charge is 0.379 e. The highest BCUT2D eigenvalue weighted by atomic mass is 79.9. The summed E-state index contributed by atoms with van der Waals surface area (Å²) in [6, 6.07) is 7.73. The molecule has 1 fully saturated rings. The van der Waals surface area contributed by atoms with Crippen molar-refractivity contribution in [1.29, 1.82) is 0 Å². The Balaban J connectivity index is 1.73. The summed E-state index contributed by atoms with van der Waals surface area (Å²) in [4.78, 5) is 19.2. The van der Waals surface area contributed by atoms with Gasteiger partial charge < -0.3 is 20.7 Å². The Hall–Kier alpha value is -1.64. The van der Waals surface area contributed by atoms with Crippen molar-refractivity contribution in [2.75, 3.05) is 52.5 Å². The molecule has 0 bridgehead atoms. The smallest absolute Gasteiger partial charge is 0.251 e. The van der Waals surface area contributed by atoms with Crippen molar-refractivity contribution in [2.45, 2.75) is 19.9 Å². The number of nitrogens with zero attached hydrogens (tertiary/aromatic N) is 2. The minimum Gasteiger partial charge on any atom is -0.379 e. The first-order valence-electron chi connectivity index (χ1n) is 9.48. The Kier molecular flexibility index (Phi) is 9.58. The lowest BCUT2D eigenvalue weighted by atomic mass is 10.2. The molecule has 1 atom stereocenters. The van der Waals surface area contributed by atoms with Crippen molar-refractivity contribution in [3.63, 3.8) is 0 Å². The molecule has 2 rings (SSSR count). The Labute approximate surface area is 170 Å². The molecular formula is C19H30BrN5O2. The maximum atomic E-state index is 12.1. The number of guanidine groups is 1. The van der Waals surface area contributed by atoms with Crippen LogP contribution in [0.2, 0.25) is 0 Å². The Bertz CT molecular complexity index is 620. The van der Waals surface area contributed by atoms with E-state index in [1.165, 1.54) is 0 Å². The number of nitrogens with one attached hydrogen (secondary N) is 3. The fourth-order valence-corrected chi connectivity index (χ4v) is 3.19. The topological polar surface area (TPSA) is 78.0 Å². The first-order chi connectivity index (χ1) is 13.1. The molecule has 0 aromatic heterocycles. The van der Waals surface area contributed by atoms with E-state index >= 15 is 0 Å². The number of halogens is 1. The van der Waals surface area contributed by atoms with Crippen LogP contribution in [0.5, 0.6) is 0 Å². The van der Waals surface area contributed by atoms with Gasteiger partial charge in [0.1, 0.15) is 0 Å². The minimum absolute atomic E-state index is 0.0824. The number of ether oxygens (including phenoxy) is 1. The average Bonchev–Trinajstić information content (AvgIpc) is 2.69. The summed E-state index contributed by atoms with van der Waals surface area (Å²) in [6.07, 6.45) is 0. The molecule has 1 aromatic carbocycles. The summed E-state index contributed by atoms with van der Waals surface area (Å²) in [6.45, 7) is 10.4. The lowest BCUT2D eigenvalue weighted by molar-refractivity contribution is 0.0220. The predicted molar refractivity (Wildman–Crippen MR) is 112 cm³/mol. The second-order valence-electron chi connectivity index (χ2n) is 6.41. The highest BCUT2D eigenvalue weighted by Crippen LogP contribution is 2.11. The normalized spacial score (nSPS) is 16.6. The molecule has 1 heterocycles. The molecule has 0 saturated carbocycles. The molecule has 1 aromatic rings. The molecule has 0 aliphatic carbocycles. The van der Waals surface area contributed by atoms with E-state index < -0.39 is 0 Å². The highest BCUT2D eigenvalue weighted by molar-refractivity contribution is 9.10. The standard InChI is InChI=1S/C19H30BrN5O2/c1-3-21-19(24-14-15(2)25-9-11-27-12-10-25)23-8-7-22-18(26)16-5-4-6-17(20)13-16/h4-6,13,15H,3,7-12,14H2,1-2H3,(H,22,26)(H2,21,23,24). The average molecular weight is 440 g/mol. The van der Waals surface area contributed by atoms with Gasteiger partial charge in [0.15, 0.2) is 5.96 Å². The van der Waals surface area contributed by atoms with Crippen LogP contribution in [-0.4, -0.2) is 75.3 Å². The number of rotatable bonds is 8. The van der Waals surface area contributed by atoms with Crippen LogP contribution in [-0.2, 0) is 4.74 Å². The van der Waals surface area contributed by atoms with Gasteiger partial charge in [-0.2, -0.15) is 0 Å². The second-order valence-corrected chi connectivity index (χ2v) is 7.33. The Morgan fingerprint density at radius 2 is 2.00 bits per heavy atom. The first kappa shape index (κ1) is 21.7. The van der Waals surface area contributed by atoms with Crippen molar-refractivity contribution in [1.82, 2.24) is 20.9 Å². The van der Waals surface area contributed by atoms with E-state index in [2.05, 4.69) is 48.7 Å². The van der Waals surface area contributed by atoms with E-state index in [0.29, 0.717) is 24.7 Å². The van der Waals surface area contributed by atoms with Crippen molar-refractivity contribution >= 4 is 27.8 Å². The summed E-state index contributed by atoms with van der Waals surface area (Å²) in [7, 11) is 0. The molecule has 1 aliphatic rings. The number of morpholine rings is 1. The molecule has 1 aliphatic heterocycles. The summed E-state index contributed by atoms with van der Waals surface area (Å²) in [5, 5.41) is 9.43. The highest BCUT2D eigenvalue weighted by Gasteiger charge is 2.16. The monoisotopic (exact) mass is 439 g/mol.